The lowest BCUT2D eigenvalue weighted by molar-refractivity contribution is 0.393. The van der Waals surface area contributed by atoms with Crippen LogP contribution in [0.1, 0.15) is 11.5 Å². The van der Waals surface area contributed by atoms with Crippen molar-refractivity contribution >= 4 is 49.8 Å². The van der Waals surface area contributed by atoms with Crippen molar-refractivity contribution in [3.05, 3.63) is 39.8 Å². The zero-order valence-electron chi connectivity index (χ0n) is 11.6. The minimum absolute atomic E-state index is 0.0704. The third-order valence-corrected chi connectivity index (χ3v) is 5.36. The molecule has 0 bridgehead atoms. The molecule has 0 aliphatic rings. The van der Waals surface area contributed by atoms with Gasteiger partial charge >= 0.3 is 0 Å². The van der Waals surface area contributed by atoms with E-state index in [9.17, 15) is 8.42 Å². The first-order valence-electron chi connectivity index (χ1n) is 6.21. The van der Waals surface area contributed by atoms with Crippen molar-refractivity contribution < 1.29 is 12.9 Å². The molecule has 1 aromatic carbocycles. The Bertz CT molecular complexity index is 956. The van der Waals surface area contributed by atoms with Gasteiger partial charge in [0.05, 0.1) is 10.0 Å². The largest absolute Gasteiger partial charge is 0.360 e. The van der Waals surface area contributed by atoms with Crippen molar-refractivity contribution in [3.8, 4) is 0 Å². The quantitative estimate of drug-likeness (QED) is 0.742. The maximum Gasteiger partial charge on any atom is 0.264 e. The normalized spacial score (nSPS) is 12.0. The topological polar surface area (TPSA) is 88.0 Å². The number of anilines is 1. The molecule has 0 amide bonds. The molecule has 0 saturated carbocycles. The van der Waals surface area contributed by atoms with Gasteiger partial charge < -0.3 is 9.51 Å². The number of aryl methyl sites for hydroxylation is 2. The fourth-order valence-corrected chi connectivity index (χ4v) is 3.80. The summed E-state index contributed by atoms with van der Waals surface area (Å²) in [6, 6.07) is 3.09. The van der Waals surface area contributed by atoms with Gasteiger partial charge in [-0.2, -0.15) is 0 Å². The van der Waals surface area contributed by atoms with Gasteiger partial charge in [0, 0.05) is 17.1 Å². The van der Waals surface area contributed by atoms with E-state index >= 15 is 0 Å². The van der Waals surface area contributed by atoms with Crippen LogP contribution in [0, 0.1) is 13.8 Å². The van der Waals surface area contributed by atoms with Crippen LogP contribution >= 0.6 is 23.2 Å². The van der Waals surface area contributed by atoms with E-state index in [1.54, 1.807) is 19.9 Å². The van der Waals surface area contributed by atoms with Crippen LogP contribution in [0.2, 0.25) is 10.0 Å². The summed E-state index contributed by atoms with van der Waals surface area (Å²) in [5.74, 6) is 0.391. The minimum Gasteiger partial charge on any atom is -0.360 e. The van der Waals surface area contributed by atoms with E-state index in [2.05, 4.69) is 14.9 Å². The Balaban J connectivity index is 2.12. The van der Waals surface area contributed by atoms with Crippen molar-refractivity contribution in [1.82, 2.24) is 10.1 Å². The van der Waals surface area contributed by atoms with E-state index in [4.69, 9.17) is 27.7 Å². The molecule has 3 aromatic rings. The van der Waals surface area contributed by atoms with Crippen molar-refractivity contribution in [1.29, 1.82) is 0 Å². The third kappa shape index (κ3) is 2.45. The maximum atomic E-state index is 12.6. The van der Waals surface area contributed by atoms with Crippen LogP contribution in [-0.4, -0.2) is 18.6 Å². The summed E-state index contributed by atoms with van der Waals surface area (Å²) in [6.07, 6.45) is 1.39. The van der Waals surface area contributed by atoms with Crippen LogP contribution in [-0.2, 0) is 10.0 Å². The Hall–Kier alpha value is -1.70. The molecule has 0 aliphatic heterocycles. The number of rotatable bonds is 3. The van der Waals surface area contributed by atoms with Crippen molar-refractivity contribution in [2.24, 2.45) is 0 Å². The molecule has 9 heteroatoms. The molecular weight excluding hydrogens is 349 g/mol. The van der Waals surface area contributed by atoms with Gasteiger partial charge in [0.1, 0.15) is 16.3 Å². The van der Waals surface area contributed by atoms with Gasteiger partial charge in [-0.3, -0.25) is 4.72 Å². The van der Waals surface area contributed by atoms with E-state index in [0.717, 1.165) is 0 Å². The monoisotopic (exact) mass is 359 g/mol. The predicted molar refractivity (Wildman–Crippen MR) is 85.1 cm³/mol. The molecule has 0 atom stereocenters. The molecule has 22 heavy (non-hydrogen) atoms. The average molecular weight is 360 g/mol. The summed E-state index contributed by atoms with van der Waals surface area (Å²) in [6.45, 7) is 3.28. The highest BCUT2D eigenvalue weighted by Crippen LogP contribution is 2.32. The molecule has 0 radical (unpaired) electrons. The number of nitrogens with one attached hydrogen (secondary N) is 2. The van der Waals surface area contributed by atoms with E-state index < -0.39 is 10.0 Å². The number of hydrogen-bond donors (Lipinski definition) is 2. The van der Waals surface area contributed by atoms with Crippen LogP contribution < -0.4 is 4.72 Å². The fraction of sp³-hybridized carbons (Fsp3) is 0.154. The summed E-state index contributed by atoms with van der Waals surface area (Å²) < 4.78 is 32.6. The SMILES string of the molecule is Cc1noc(C)c1NS(=O)(=O)c1c[nH]c2cc(Cl)c(Cl)cc12. The summed E-state index contributed by atoms with van der Waals surface area (Å²) >= 11 is 11.9. The number of aromatic amines is 1. The second-order valence-electron chi connectivity index (χ2n) is 4.77. The van der Waals surface area contributed by atoms with Gasteiger partial charge in [-0.25, -0.2) is 8.42 Å². The Labute approximate surface area is 136 Å². The van der Waals surface area contributed by atoms with Gasteiger partial charge in [-0.05, 0) is 26.0 Å². The molecular formula is C13H11Cl2N3O3S. The van der Waals surface area contributed by atoms with Gasteiger partial charge in [0.25, 0.3) is 10.0 Å². The van der Waals surface area contributed by atoms with Crippen LogP contribution in [0.15, 0.2) is 27.7 Å². The first kappa shape index (κ1) is 15.2. The van der Waals surface area contributed by atoms with Crippen LogP contribution in [0.3, 0.4) is 0 Å². The Morgan fingerprint density at radius 1 is 1.23 bits per heavy atom. The lowest BCUT2D eigenvalue weighted by atomic mass is 10.2. The Kier molecular flexibility index (Phi) is 3.58. The Morgan fingerprint density at radius 2 is 1.91 bits per heavy atom. The molecule has 116 valence electrons. The number of H-pyrrole nitrogens is 1. The van der Waals surface area contributed by atoms with E-state index in [1.165, 1.54) is 12.3 Å². The second kappa shape index (κ2) is 5.19. The highest BCUT2D eigenvalue weighted by atomic mass is 35.5. The number of fused-ring (bicyclic) bond motifs is 1. The van der Waals surface area contributed by atoms with Crippen LogP contribution in [0.4, 0.5) is 5.69 Å². The standard InChI is InChI=1S/C13H11Cl2N3O3S/c1-6-13(7(2)21-17-6)18-22(19,20)12-5-16-11-4-10(15)9(14)3-8(11)12/h3-5,16,18H,1-2H3. The fourth-order valence-electron chi connectivity index (χ4n) is 2.13. The van der Waals surface area contributed by atoms with E-state index in [1.807, 2.05) is 0 Å². The average Bonchev–Trinajstić information content (AvgIpc) is 2.98. The molecule has 0 spiro atoms. The molecule has 0 aliphatic carbocycles. The van der Waals surface area contributed by atoms with E-state index in [-0.39, 0.29) is 9.92 Å². The molecule has 0 fully saturated rings. The van der Waals surface area contributed by atoms with Crippen LogP contribution in [0.5, 0.6) is 0 Å². The Morgan fingerprint density at radius 3 is 2.55 bits per heavy atom. The predicted octanol–water partition coefficient (Wildman–Crippen LogP) is 3.88. The molecule has 6 nitrogen and oxygen atoms in total. The van der Waals surface area contributed by atoms with Crippen molar-refractivity contribution in [2.75, 3.05) is 4.72 Å². The zero-order chi connectivity index (χ0) is 16.1. The molecule has 2 aromatic heterocycles. The lowest BCUT2D eigenvalue weighted by Crippen LogP contribution is -2.13. The molecule has 2 heterocycles. The van der Waals surface area contributed by atoms with E-state index in [0.29, 0.717) is 33.1 Å². The summed E-state index contributed by atoms with van der Waals surface area (Å²) in [5.41, 5.74) is 1.37. The maximum absolute atomic E-state index is 12.6. The van der Waals surface area contributed by atoms with Gasteiger partial charge in [0.15, 0.2) is 5.76 Å². The second-order valence-corrected chi connectivity index (χ2v) is 7.23. The highest BCUT2D eigenvalue weighted by Gasteiger charge is 2.23. The number of benzene rings is 1. The smallest absolute Gasteiger partial charge is 0.264 e. The summed E-state index contributed by atoms with van der Waals surface area (Å²) in [5, 5.41) is 4.80. The first-order chi connectivity index (χ1) is 10.3. The minimum atomic E-state index is -3.82. The molecule has 0 unspecified atom stereocenters. The number of hydrogen-bond acceptors (Lipinski definition) is 4. The molecule has 2 N–H and O–H groups in total. The molecule has 3 rings (SSSR count). The van der Waals surface area contributed by atoms with Crippen molar-refractivity contribution in [3.63, 3.8) is 0 Å². The van der Waals surface area contributed by atoms with Crippen molar-refractivity contribution in [2.45, 2.75) is 18.7 Å². The molecule has 0 saturated heterocycles. The number of halogens is 2. The summed E-state index contributed by atoms with van der Waals surface area (Å²) in [4.78, 5) is 2.94. The van der Waals surface area contributed by atoms with Gasteiger partial charge in [-0.15, -0.1) is 0 Å². The first-order valence-corrected chi connectivity index (χ1v) is 8.45. The number of aromatic nitrogens is 2. The lowest BCUT2D eigenvalue weighted by Gasteiger charge is -2.06. The number of nitrogens with zero attached hydrogens (tertiary/aromatic N) is 1. The summed E-state index contributed by atoms with van der Waals surface area (Å²) in [7, 11) is -3.82. The van der Waals surface area contributed by atoms with Gasteiger partial charge in [0.2, 0.25) is 0 Å². The zero-order valence-corrected chi connectivity index (χ0v) is 13.9. The van der Waals surface area contributed by atoms with Gasteiger partial charge in [-0.1, -0.05) is 28.4 Å². The highest BCUT2D eigenvalue weighted by molar-refractivity contribution is 7.93. The number of sulfonamides is 1. The van der Waals surface area contributed by atoms with Crippen LogP contribution in [0.25, 0.3) is 10.9 Å². The third-order valence-electron chi connectivity index (χ3n) is 3.24.